The second-order valence-electron chi connectivity index (χ2n) is 6.62. The Kier molecular flexibility index (Phi) is 2.73. The molecule has 4 rings (SSSR count). The molecular weight excluding hydrogens is 210 g/mol. The largest absolute Gasteiger partial charge is 0.299 e. The number of nitriles is 1. The fourth-order valence-corrected chi connectivity index (χ4v) is 4.96. The molecule has 0 aromatic rings. The molecule has 0 saturated heterocycles. The van der Waals surface area contributed by atoms with Gasteiger partial charge in [-0.15, -0.1) is 0 Å². The van der Waals surface area contributed by atoms with Gasteiger partial charge in [-0.2, -0.15) is 5.26 Å². The van der Waals surface area contributed by atoms with E-state index in [4.69, 9.17) is 5.26 Å². The van der Waals surface area contributed by atoms with Crippen molar-refractivity contribution in [2.75, 3.05) is 0 Å². The standard InChI is InChI=1S/C15H21NO/c1-9(2-3-16)15(17)14-12-5-10-4-11(7-12)8-13(14)6-10/h9-14H,2,4-8H2,1H3. The van der Waals surface area contributed by atoms with E-state index in [9.17, 15) is 4.79 Å². The van der Waals surface area contributed by atoms with Gasteiger partial charge >= 0.3 is 0 Å². The van der Waals surface area contributed by atoms with Crippen molar-refractivity contribution in [3.05, 3.63) is 0 Å². The molecule has 0 N–H and O–H groups in total. The van der Waals surface area contributed by atoms with Crippen LogP contribution < -0.4 is 0 Å². The van der Waals surface area contributed by atoms with E-state index < -0.39 is 0 Å². The van der Waals surface area contributed by atoms with Crippen LogP contribution in [0.5, 0.6) is 0 Å². The zero-order chi connectivity index (χ0) is 12.0. The van der Waals surface area contributed by atoms with Crippen molar-refractivity contribution in [3.63, 3.8) is 0 Å². The second-order valence-corrected chi connectivity index (χ2v) is 6.62. The summed E-state index contributed by atoms with van der Waals surface area (Å²) in [5.41, 5.74) is 0. The van der Waals surface area contributed by atoms with Gasteiger partial charge in [-0.3, -0.25) is 4.79 Å². The quantitative estimate of drug-likeness (QED) is 0.748. The fourth-order valence-electron chi connectivity index (χ4n) is 4.96. The number of carbonyl (C=O) groups excluding carboxylic acids is 1. The van der Waals surface area contributed by atoms with E-state index in [1.165, 1.54) is 32.1 Å². The van der Waals surface area contributed by atoms with Gasteiger partial charge < -0.3 is 0 Å². The molecule has 92 valence electrons. The summed E-state index contributed by atoms with van der Waals surface area (Å²) in [6, 6.07) is 2.15. The molecule has 4 bridgehead atoms. The molecule has 0 amide bonds. The highest BCUT2D eigenvalue weighted by atomic mass is 16.1. The number of hydrogen-bond donors (Lipinski definition) is 0. The Balaban J connectivity index is 1.76. The predicted molar refractivity (Wildman–Crippen MR) is 64.9 cm³/mol. The summed E-state index contributed by atoms with van der Waals surface area (Å²) in [6.07, 6.45) is 7.01. The lowest BCUT2D eigenvalue weighted by Crippen LogP contribution is -2.49. The van der Waals surface area contributed by atoms with Gasteiger partial charge in [0.05, 0.1) is 6.07 Å². The number of nitrogens with zero attached hydrogens (tertiary/aromatic N) is 1. The Bertz CT molecular complexity index is 340. The van der Waals surface area contributed by atoms with Crippen LogP contribution in [0.25, 0.3) is 0 Å². The highest BCUT2D eigenvalue weighted by Gasteiger charge is 2.50. The maximum Gasteiger partial charge on any atom is 0.140 e. The summed E-state index contributed by atoms with van der Waals surface area (Å²) in [7, 11) is 0. The summed E-state index contributed by atoms with van der Waals surface area (Å²) in [5.74, 6) is 3.86. The summed E-state index contributed by atoms with van der Waals surface area (Å²) >= 11 is 0. The van der Waals surface area contributed by atoms with E-state index in [0.717, 1.165) is 11.8 Å². The van der Waals surface area contributed by atoms with Crippen molar-refractivity contribution >= 4 is 5.78 Å². The molecule has 2 nitrogen and oxygen atoms in total. The summed E-state index contributed by atoms with van der Waals surface area (Å²) in [5, 5.41) is 8.73. The smallest absolute Gasteiger partial charge is 0.140 e. The maximum atomic E-state index is 12.5. The van der Waals surface area contributed by atoms with Gasteiger partial charge in [0, 0.05) is 18.3 Å². The average molecular weight is 231 g/mol. The number of ketones is 1. The lowest BCUT2D eigenvalue weighted by molar-refractivity contribution is -0.139. The van der Waals surface area contributed by atoms with Crippen molar-refractivity contribution in [3.8, 4) is 6.07 Å². The number of rotatable bonds is 3. The molecule has 17 heavy (non-hydrogen) atoms. The van der Waals surface area contributed by atoms with Crippen LogP contribution >= 0.6 is 0 Å². The third-order valence-electron chi connectivity index (χ3n) is 5.44. The molecule has 4 aliphatic carbocycles. The topological polar surface area (TPSA) is 40.9 Å². The first-order valence-corrected chi connectivity index (χ1v) is 7.09. The van der Waals surface area contributed by atoms with Crippen LogP contribution in [0.1, 0.15) is 45.4 Å². The first kappa shape index (κ1) is 11.3. The van der Waals surface area contributed by atoms with Crippen molar-refractivity contribution in [1.29, 1.82) is 5.26 Å². The molecule has 0 aromatic carbocycles. The van der Waals surface area contributed by atoms with E-state index in [1.807, 2.05) is 6.92 Å². The van der Waals surface area contributed by atoms with Gasteiger partial charge in [0.25, 0.3) is 0 Å². The SMILES string of the molecule is CC(CC#N)C(=O)C1C2CC3CC(C2)CC1C3. The predicted octanol–water partition coefficient (Wildman–Crippen LogP) is 3.18. The third-order valence-corrected chi connectivity index (χ3v) is 5.44. The Hall–Kier alpha value is -0.840. The zero-order valence-electron chi connectivity index (χ0n) is 10.6. The van der Waals surface area contributed by atoms with E-state index in [-0.39, 0.29) is 5.92 Å². The molecule has 0 heterocycles. The third kappa shape index (κ3) is 1.80. The number of Topliss-reactive ketones (excluding diaryl/α,β-unsaturated/α-hetero) is 1. The molecule has 0 radical (unpaired) electrons. The van der Waals surface area contributed by atoms with Gasteiger partial charge in [0.15, 0.2) is 0 Å². The van der Waals surface area contributed by atoms with E-state index in [2.05, 4.69) is 6.07 Å². The molecule has 0 spiro atoms. The minimum Gasteiger partial charge on any atom is -0.299 e. The monoisotopic (exact) mass is 231 g/mol. The molecule has 1 unspecified atom stereocenters. The average Bonchev–Trinajstić information content (AvgIpc) is 2.27. The highest BCUT2D eigenvalue weighted by molar-refractivity contribution is 5.84. The highest BCUT2D eigenvalue weighted by Crippen LogP contribution is 2.57. The minimum absolute atomic E-state index is 0.0393. The van der Waals surface area contributed by atoms with Crippen LogP contribution in [0.3, 0.4) is 0 Å². The van der Waals surface area contributed by atoms with Crippen molar-refractivity contribution in [2.45, 2.75) is 45.4 Å². The lowest BCUT2D eigenvalue weighted by atomic mass is 9.50. The van der Waals surface area contributed by atoms with Gasteiger partial charge in [-0.25, -0.2) is 0 Å². The Labute approximate surface area is 103 Å². The molecule has 2 heteroatoms. The van der Waals surface area contributed by atoms with E-state index >= 15 is 0 Å². The Morgan fingerprint density at radius 3 is 2.18 bits per heavy atom. The van der Waals surface area contributed by atoms with Crippen molar-refractivity contribution in [1.82, 2.24) is 0 Å². The van der Waals surface area contributed by atoms with Gasteiger partial charge in [0.2, 0.25) is 0 Å². The fraction of sp³-hybridized carbons (Fsp3) is 0.867. The van der Waals surface area contributed by atoms with Crippen LogP contribution in [0, 0.1) is 46.8 Å². The van der Waals surface area contributed by atoms with Gasteiger partial charge in [0.1, 0.15) is 5.78 Å². The molecule has 0 aliphatic heterocycles. The summed E-state index contributed by atoms with van der Waals surface area (Å²) < 4.78 is 0. The Morgan fingerprint density at radius 2 is 1.71 bits per heavy atom. The minimum atomic E-state index is -0.0393. The summed E-state index contributed by atoms with van der Waals surface area (Å²) in [6.45, 7) is 1.94. The summed E-state index contributed by atoms with van der Waals surface area (Å²) in [4.78, 5) is 12.5. The molecule has 4 aliphatic rings. The van der Waals surface area contributed by atoms with Crippen LogP contribution in [-0.4, -0.2) is 5.78 Å². The molecular formula is C15H21NO. The Morgan fingerprint density at radius 1 is 1.18 bits per heavy atom. The van der Waals surface area contributed by atoms with Crippen LogP contribution in [0.4, 0.5) is 0 Å². The van der Waals surface area contributed by atoms with Crippen LogP contribution in [0.2, 0.25) is 0 Å². The van der Waals surface area contributed by atoms with Crippen molar-refractivity contribution < 1.29 is 4.79 Å². The van der Waals surface area contributed by atoms with Gasteiger partial charge in [-0.1, -0.05) is 6.92 Å². The lowest BCUT2D eigenvalue weighted by Gasteiger charge is -2.54. The molecule has 4 saturated carbocycles. The molecule has 0 aromatic heterocycles. The first-order chi connectivity index (χ1) is 8.19. The number of carbonyl (C=O) groups is 1. The maximum absolute atomic E-state index is 12.5. The van der Waals surface area contributed by atoms with E-state index in [1.54, 1.807) is 0 Å². The number of hydrogen-bond acceptors (Lipinski definition) is 2. The van der Waals surface area contributed by atoms with Crippen molar-refractivity contribution in [2.24, 2.45) is 35.5 Å². The molecule has 1 atom stereocenters. The van der Waals surface area contributed by atoms with Crippen LogP contribution in [-0.2, 0) is 4.79 Å². The first-order valence-electron chi connectivity index (χ1n) is 7.09. The van der Waals surface area contributed by atoms with Crippen LogP contribution in [0.15, 0.2) is 0 Å². The molecule has 4 fully saturated rings. The van der Waals surface area contributed by atoms with Gasteiger partial charge in [-0.05, 0) is 55.8 Å². The normalized spacial score (nSPS) is 44.4. The van der Waals surface area contributed by atoms with E-state index in [0.29, 0.717) is 30.0 Å². The zero-order valence-corrected chi connectivity index (χ0v) is 10.6. The second kappa shape index (κ2) is 4.12.